The Morgan fingerprint density at radius 2 is 2.22 bits per heavy atom. The fraction of sp³-hybridized carbons (Fsp3) is 0.0769. The second-order valence-electron chi connectivity index (χ2n) is 3.89. The van der Waals surface area contributed by atoms with E-state index in [4.69, 9.17) is 0 Å². The third-order valence-electron chi connectivity index (χ3n) is 2.67. The number of para-hydroxylation sites is 1. The van der Waals surface area contributed by atoms with Crippen LogP contribution in [-0.2, 0) is 11.3 Å². The summed E-state index contributed by atoms with van der Waals surface area (Å²) < 4.78 is 1.93. The summed E-state index contributed by atoms with van der Waals surface area (Å²) in [6.45, 7) is 0.299. The van der Waals surface area contributed by atoms with Gasteiger partial charge in [-0.25, -0.2) is 4.98 Å². The van der Waals surface area contributed by atoms with Crippen LogP contribution in [0, 0.1) is 0 Å². The van der Waals surface area contributed by atoms with Crippen molar-refractivity contribution in [2.75, 3.05) is 5.32 Å². The number of fused-ring (bicyclic) bond motifs is 1. The van der Waals surface area contributed by atoms with Crippen molar-refractivity contribution < 1.29 is 4.79 Å². The number of nitrogens with zero attached hydrogens (tertiary/aromatic N) is 2. The van der Waals surface area contributed by atoms with E-state index in [2.05, 4.69) is 10.3 Å². The summed E-state index contributed by atoms with van der Waals surface area (Å²) in [7, 11) is 0. The van der Waals surface area contributed by atoms with Crippen molar-refractivity contribution in [3.63, 3.8) is 0 Å². The van der Waals surface area contributed by atoms with Gasteiger partial charge in [0.05, 0.1) is 0 Å². The number of thiazole rings is 1. The lowest BCUT2D eigenvalue weighted by atomic mass is 10.2. The zero-order valence-corrected chi connectivity index (χ0v) is 10.4. The van der Waals surface area contributed by atoms with Crippen molar-refractivity contribution in [3.05, 3.63) is 48.1 Å². The largest absolute Gasteiger partial charge is 0.338 e. The number of rotatable bonds is 3. The standard InChI is InChI=1S/C13H11N3OS/c17-12(15-13-14-6-8-18-13)9-16-7-5-10-3-1-2-4-11(10)16/h1-8H,9H2,(H,14,15,17). The lowest BCUT2D eigenvalue weighted by Gasteiger charge is -2.04. The summed E-state index contributed by atoms with van der Waals surface area (Å²) in [4.78, 5) is 15.9. The Labute approximate surface area is 108 Å². The molecule has 90 valence electrons. The van der Waals surface area contributed by atoms with Gasteiger partial charge in [0, 0.05) is 23.3 Å². The Morgan fingerprint density at radius 1 is 1.33 bits per heavy atom. The molecule has 18 heavy (non-hydrogen) atoms. The van der Waals surface area contributed by atoms with E-state index in [1.807, 2.05) is 46.5 Å². The molecule has 0 saturated heterocycles. The molecule has 1 N–H and O–H groups in total. The second-order valence-corrected chi connectivity index (χ2v) is 4.78. The van der Waals surface area contributed by atoms with Crippen molar-refractivity contribution in [3.8, 4) is 0 Å². The third kappa shape index (κ3) is 2.12. The van der Waals surface area contributed by atoms with Crippen LogP contribution < -0.4 is 5.32 Å². The van der Waals surface area contributed by atoms with E-state index in [9.17, 15) is 4.79 Å². The van der Waals surface area contributed by atoms with E-state index in [1.165, 1.54) is 11.3 Å². The molecule has 1 amide bonds. The van der Waals surface area contributed by atoms with Gasteiger partial charge in [-0.2, -0.15) is 0 Å². The van der Waals surface area contributed by atoms with E-state index in [1.54, 1.807) is 6.20 Å². The van der Waals surface area contributed by atoms with Gasteiger partial charge in [-0.05, 0) is 17.5 Å². The van der Waals surface area contributed by atoms with Crippen LogP contribution >= 0.6 is 11.3 Å². The Kier molecular flexibility index (Phi) is 2.82. The van der Waals surface area contributed by atoms with Gasteiger partial charge in [0.1, 0.15) is 6.54 Å². The van der Waals surface area contributed by atoms with Gasteiger partial charge in [-0.3, -0.25) is 4.79 Å². The maximum absolute atomic E-state index is 11.9. The molecule has 0 unspecified atom stereocenters. The number of carbonyl (C=O) groups is 1. The minimum absolute atomic E-state index is 0.0636. The quantitative estimate of drug-likeness (QED) is 0.784. The molecule has 1 aromatic carbocycles. The van der Waals surface area contributed by atoms with E-state index in [0.29, 0.717) is 11.7 Å². The monoisotopic (exact) mass is 257 g/mol. The molecule has 0 aliphatic rings. The molecule has 2 aromatic heterocycles. The van der Waals surface area contributed by atoms with Crippen LogP contribution in [-0.4, -0.2) is 15.5 Å². The SMILES string of the molecule is O=C(Cn1ccc2ccccc21)Nc1nccs1. The summed E-state index contributed by atoms with van der Waals surface area (Å²) in [6.07, 6.45) is 3.59. The van der Waals surface area contributed by atoms with Gasteiger partial charge in [0.2, 0.25) is 5.91 Å². The molecule has 4 nitrogen and oxygen atoms in total. The number of nitrogens with one attached hydrogen (secondary N) is 1. The number of hydrogen-bond donors (Lipinski definition) is 1. The molecular weight excluding hydrogens is 246 g/mol. The topological polar surface area (TPSA) is 46.9 Å². The number of hydrogen-bond acceptors (Lipinski definition) is 3. The predicted octanol–water partition coefficient (Wildman–Crippen LogP) is 2.74. The fourth-order valence-electron chi connectivity index (χ4n) is 1.88. The first-order valence-electron chi connectivity index (χ1n) is 5.56. The van der Waals surface area contributed by atoms with Crippen LogP contribution in [0.4, 0.5) is 5.13 Å². The maximum atomic E-state index is 11.9. The molecule has 0 aliphatic heterocycles. The molecular formula is C13H11N3OS. The number of carbonyl (C=O) groups excluding carboxylic acids is 1. The highest BCUT2D eigenvalue weighted by atomic mass is 32.1. The van der Waals surface area contributed by atoms with Crippen LogP contribution in [0.1, 0.15) is 0 Å². The first-order chi connectivity index (χ1) is 8.83. The fourth-order valence-corrected chi connectivity index (χ4v) is 2.42. The summed E-state index contributed by atoms with van der Waals surface area (Å²) in [5.74, 6) is -0.0636. The van der Waals surface area contributed by atoms with Crippen LogP contribution in [0.5, 0.6) is 0 Å². The summed E-state index contributed by atoms with van der Waals surface area (Å²) >= 11 is 1.42. The summed E-state index contributed by atoms with van der Waals surface area (Å²) in [5.41, 5.74) is 1.06. The normalized spacial score (nSPS) is 10.7. The van der Waals surface area contributed by atoms with Gasteiger partial charge in [0.15, 0.2) is 5.13 Å². The molecule has 3 rings (SSSR count). The molecule has 3 aromatic rings. The highest BCUT2D eigenvalue weighted by Crippen LogP contribution is 2.15. The number of amides is 1. The smallest absolute Gasteiger partial charge is 0.246 e. The molecule has 2 heterocycles. The Hall–Kier alpha value is -2.14. The van der Waals surface area contributed by atoms with Crippen molar-refractivity contribution in [2.24, 2.45) is 0 Å². The lowest BCUT2D eigenvalue weighted by molar-refractivity contribution is -0.116. The molecule has 0 bridgehead atoms. The van der Waals surface area contributed by atoms with Crippen LogP contribution in [0.25, 0.3) is 10.9 Å². The first kappa shape index (κ1) is 11.0. The molecule has 0 atom stereocenters. The summed E-state index contributed by atoms with van der Waals surface area (Å²) in [5, 5.41) is 6.38. The molecule has 0 radical (unpaired) electrons. The third-order valence-corrected chi connectivity index (χ3v) is 3.36. The minimum Gasteiger partial charge on any atom is -0.338 e. The second kappa shape index (κ2) is 4.62. The predicted molar refractivity (Wildman–Crippen MR) is 72.7 cm³/mol. The molecule has 0 saturated carbocycles. The van der Waals surface area contributed by atoms with Gasteiger partial charge in [0.25, 0.3) is 0 Å². The van der Waals surface area contributed by atoms with Gasteiger partial charge in [-0.1, -0.05) is 18.2 Å². The molecule has 0 spiro atoms. The highest BCUT2D eigenvalue weighted by molar-refractivity contribution is 7.13. The average Bonchev–Trinajstić information content (AvgIpc) is 3.00. The molecule has 5 heteroatoms. The van der Waals surface area contributed by atoms with Crippen LogP contribution in [0.3, 0.4) is 0 Å². The number of benzene rings is 1. The Balaban J connectivity index is 1.78. The first-order valence-corrected chi connectivity index (χ1v) is 6.44. The van der Waals surface area contributed by atoms with Gasteiger partial charge < -0.3 is 9.88 Å². The minimum atomic E-state index is -0.0636. The molecule has 0 aliphatic carbocycles. The van der Waals surface area contributed by atoms with E-state index in [0.717, 1.165) is 10.9 Å². The van der Waals surface area contributed by atoms with E-state index >= 15 is 0 Å². The Bertz CT molecular complexity index is 672. The maximum Gasteiger partial charge on any atom is 0.246 e. The van der Waals surface area contributed by atoms with Crippen molar-refractivity contribution in [1.29, 1.82) is 0 Å². The van der Waals surface area contributed by atoms with Gasteiger partial charge >= 0.3 is 0 Å². The van der Waals surface area contributed by atoms with Crippen molar-refractivity contribution >= 4 is 33.3 Å². The Morgan fingerprint density at radius 3 is 3.06 bits per heavy atom. The van der Waals surface area contributed by atoms with Crippen LogP contribution in [0.15, 0.2) is 48.1 Å². The van der Waals surface area contributed by atoms with Crippen molar-refractivity contribution in [2.45, 2.75) is 6.54 Å². The van der Waals surface area contributed by atoms with Gasteiger partial charge in [-0.15, -0.1) is 11.3 Å². The average molecular weight is 257 g/mol. The number of aromatic nitrogens is 2. The van der Waals surface area contributed by atoms with E-state index < -0.39 is 0 Å². The van der Waals surface area contributed by atoms with E-state index in [-0.39, 0.29) is 5.91 Å². The lowest BCUT2D eigenvalue weighted by Crippen LogP contribution is -2.17. The van der Waals surface area contributed by atoms with Crippen molar-refractivity contribution in [1.82, 2.24) is 9.55 Å². The number of anilines is 1. The molecule has 0 fully saturated rings. The zero-order chi connectivity index (χ0) is 12.4. The van der Waals surface area contributed by atoms with Crippen LogP contribution in [0.2, 0.25) is 0 Å². The summed E-state index contributed by atoms with van der Waals surface area (Å²) in [6, 6.07) is 10.0. The zero-order valence-electron chi connectivity index (χ0n) is 9.54. The highest BCUT2D eigenvalue weighted by Gasteiger charge is 2.07.